The van der Waals surface area contributed by atoms with Crippen molar-refractivity contribution in [3.63, 3.8) is 0 Å². The number of rotatable bonds is 3. The lowest BCUT2D eigenvalue weighted by Crippen LogP contribution is -2.31. The largest absolute Gasteiger partial charge is 0.448 e. The zero-order valence-electron chi connectivity index (χ0n) is 10.4. The monoisotopic (exact) mass is 312 g/mol. The summed E-state index contributed by atoms with van der Waals surface area (Å²) in [6.45, 7) is 1.53. The van der Waals surface area contributed by atoms with Gasteiger partial charge < -0.3 is 9.64 Å². The number of hydrogen-bond donors (Lipinski definition) is 1. The molecule has 0 saturated carbocycles. The van der Waals surface area contributed by atoms with Gasteiger partial charge in [-0.05, 0) is 54.5 Å². The van der Waals surface area contributed by atoms with Crippen molar-refractivity contribution in [1.82, 2.24) is 4.90 Å². The van der Waals surface area contributed by atoms with Crippen molar-refractivity contribution < 1.29 is 9.53 Å². The number of benzene rings is 1. The highest BCUT2D eigenvalue weighted by atomic mass is 79.9. The number of nitrogens with one attached hydrogen (secondary N) is 1. The summed E-state index contributed by atoms with van der Waals surface area (Å²) < 4.78 is 6.09. The van der Waals surface area contributed by atoms with Crippen LogP contribution in [-0.2, 0) is 4.74 Å². The minimum Gasteiger partial charge on any atom is -0.448 e. The number of anilines is 1. The molecule has 0 aromatic heterocycles. The van der Waals surface area contributed by atoms with E-state index in [1.165, 1.54) is 6.42 Å². The normalized spacial score (nSPS) is 19.8. The van der Waals surface area contributed by atoms with Gasteiger partial charge in [-0.2, -0.15) is 0 Å². The maximum Gasteiger partial charge on any atom is 0.411 e. The predicted octanol–water partition coefficient (Wildman–Crippen LogP) is 3.09. The molecule has 1 N–H and O–H groups in total. The summed E-state index contributed by atoms with van der Waals surface area (Å²) in [6.07, 6.45) is 1.87. The predicted molar refractivity (Wildman–Crippen MR) is 74.8 cm³/mol. The molecule has 0 spiro atoms. The molecule has 1 atom stereocenters. The number of hydrogen-bond acceptors (Lipinski definition) is 3. The molecular weight excluding hydrogens is 296 g/mol. The minimum absolute atomic E-state index is 0.356. The standard InChI is InChI=1S/C13H17BrN2O2/c1-16-8-4-5-10(16)9-18-13(17)15-12-7-3-2-6-11(12)14/h2-3,6-7,10H,4-5,8-9H2,1H3,(H,15,17). The van der Waals surface area contributed by atoms with Gasteiger partial charge in [0.05, 0.1) is 5.69 Å². The Balaban J connectivity index is 1.80. The van der Waals surface area contributed by atoms with Crippen molar-refractivity contribution in [2.24, 2.45) is 0 Å². The van der Waals surface area contributed by atoms with E-state index >= 15 is 0 Å². The Labute approximate surface area is 115 Å². The van der Waals surface area contributed by atoms with Gasteiger partial charge >= 0.3 is 6.09 Å². The summed E-state index contributed by atoms with van der Waals surface area (Å²) in [7, 11) is 2.06. The van der Waals surface area contributed by atoms with E-state index in [9.17, 15) is 4.79 Å². The third-order valence-corrected chi connectivity index (χ3v) is 3.88. The van der Waals surface area contributed by atoms with Gasteiger partial charge in [-0.3, -0.25) is 5.32 Å². The second-order valence-electron chi connectivity index (χ2n) is 4.48. The molecule has 0 aliphatic carbocycles. The molecule has 1 saturated heterocycles. The van der Waals surface area contributed by atoms with Crippen LogP contribution >= 0.6 is 15.9 Å². The first-order valence-electron chi connectivity index (χ1n) is 6.05. The van der Waals surface area contributed by atoms with Crippen LogP contribution in [0.2, 0.25) is 0 Å². The van der Waals surface area contributed by atoms with Crippen LogP contribution in [0.4, 0.5) is 10.5 Å². The number of amides is 1. The third kappa shape index (κ3) is 3.46. The molecule has 2 rings (SSSR count). The fourth-order valence-electron chi connectivity index (χ4n) is 2.07. The van der Waals surface area contributed by atoms with E-state index in [2.05, 4.69) is 33.2 Å². The molecular formula is C13H17BrN2O2. The number of halogens is 1. The van der Waals surface area contributed by atoms with E-state index in [-0.39, 0.29) is 0 Å². The minimum atomic E-state index is -0.401. The Kier molecular flexibility index (Phi) is 4.60. The van der Waals surface area contributed by atoms with E-state index in [0.717, 1.165) is 23.1 Å². The van der Waals surface area contributed by atoms with Gasteiger partial charge in [0.2, 0.25) is 0 Å². The molecule has 98 valence electrons. The first-order valence-corrected chi connectivity index (χ1v) is 6.84. The first kappa shape index (κ1) is 13.4. The molecule has 1 amide bonds. The van der Waals surface area contributed by atoms with Gasteiger partial charge in [0.1, 0.15) is 6.61 Å². The van der Waals surface area contributed by atoms with Crippen LogP contribution in [0.15, 0.2) is 28.7 Å². The zero-order valence-corrected chi connectivity index (χ0v) is 11.9. The third-order valence-electron chi connectivity index (χ3n) is 3.19. The highest BCUT2D eigenvalue weighted by molar-refractivity contribution is 9.10. The number of nitrogens with zero attached hydrogens (tertiary/aromatic N) is 1. The van der Waals surface area contributed by atoms with Crippen LogP contribution in [0.25, 0.3) is 0 Å². The van der Waals surface area contributed by atoms with Crippen molar-refractivity contribution in [3.8, 4) is 0 Å². The Morgan fingerprint density at radius 1 is 1.56 bits per heavy atom. The molecule has 18 heavy (non-hydrogen) atoms. The number of carbonyl (C=O) groups is 1. The molecule has 1 aromatic rings. The molecule has 1 unspecified atom stereocenters. The maximum atomic E-state index is 11.7. The van der Waals surface area contributed by atoms with E-state index in [1.54, 1.807) is 0 Å². The quantitative estimate of drug-likeness (QED) is 0.932. The number of likely N-dealkylation sites (N-methyl/N-ethyl adjacent to an activating group) is 1. The van der Waals surface area contributed by atoms with Crippen LogP contribution in [0.3, 0.4) is 0 Å². The highest BCUT2D eigenvalue weighted by Crippen LogP contribution is 2.21. The average molecular weight is 313 g/mol. The summed E-state index contributed by atoms with van der Waals surface area (Å²) in [4.78, 5) is 13.9. The zero-order chi connectivity index (χ0) is 13.0. The van der Waals surface area contributed by atoms with Crippen LogP contribution in [0.1, 0.15) is 12.8 Å². The van der Waals surface area contributed by atoms with Gasteiger partial charge in [0.15, 0.2) is 0 Å². The fraction of sp³-hybridized carbons (Fsp3) is 0.462. The average Bonchev–Trinajstić information content (AvgIpc) is 2.75. The molecule has 1 aliphatic rings. The molecule has 1 aromatic carbocycles. The molecule has 0 radical (unpaired) electrons. The molecule has 5 heteroatoms. The van der Waals surface area contributed by atoms with Gasteiger partial charge in [-0.1, -0.05) is 12.1 Å². The lowest BCUT2D eigenvalue weighted by atomic mass is 10.2. The summed E-state index contributed by atoms with van der Waals surface area (Å²) in [5.74, 6) is 0. The molecule has 1 aliphatic heterocycles. The Hall–Kier alpha value is -1.07. The summed E-state index contributed by atoms with van der Waals surface area (Å²) in [5, 5.41) is 2.72. The Bertz CT molecular complexity index is 425. The van der Waals surface area contributed by atoms with E-state index in [0.29, 0.717) is 12.6 Å². The van der Waals surface area contributed by atoms with E-state index < -0.39 is 6.09 Å². The summed E-state index contributed by atoms with van der Waals surface area (Å²) in [5.41, 5.74) is 0.724. The Morgan fingerprint density at radius 3 is 3.00 bits per heavy atom. The van der Waals surface area contributed by atoms with E-state index in [1.807, 2.05) is 24.3 Å². The van der Waals surface area contributed by atoms with Crippen LogP contribution < -0.4 is 5.32 Å². The van der Waals surface area contributed by atoms with Crippen molar-refractivity contribution in [2.75, 3.05) is 25.5 Å². The number of carbonyl (C=O) groups excluding carboxylic acids is 1. The highest BCUT2D eigenvalue weighted by Gasteiger charge is 2.22. The molecule has 4 nitrogen and oxygen atoms in total. The van der Waals surface area contributed by atoms with Crippen LogP contribution in [0, 0.1) is 0 Å². The van der Waals surface area contributed by atoms with Gasteiger partial charge in [0.25, 0.3) is 0 Å². The number of likely N-dealkylation sites (tertiary alicyclic amines) is 1. The number of ether oxygens (including phenoxy) is 1. The summed E-state index contributed by atoms with van der Waals surface area (Å²) in [6, 6.07) is 7.82. The second kappa shape index (κ2) is 6.20. The first-order chi connectivity index (χ1) is 8.66. The van der Waals surface area contributed by atoms with Gasteiger partial charge in [-0.15, -0.1) is 0 Å². The lowest BCUT2D eigenvalue weighted by molar-refractivity contribution is 0.127. The Morgan fingerprint density at radius 2 is 2.33 bits per heavy atom. The van der Waals surface area contributed by atoms with Gasteiger partial charge in [0, 0.05) is 10.5 Å². The van der Waals surface area contributed by atoms with Crippen LogP contribution in [0.5, 0.6) is 0 Å². The van der Waals surface area contributed by atoms with Crippen molar-refractivity contribution in [1.29, 1.82) is 0 Å². The number of para-hydroxylation sites is 1. The SMILES string of the molecule is CN1CCCC1COC(=O)Nc1ccccc1Br. The van der Waals surface area contributed by atoms with Crippen molar-refractivity contribution in [3.05, 3.63) is 28.7 Å². The second-order valence-corrected chi connectivity index (χ2v) is 5.33. The molecule has 0 bridgehead atoms. The topological polar surface area (TPSA) is 41.6 Å². The van der Waals surface area contributed by atoms with Crippen molar-refractivity contribution in [2.45, 2.75) is 18.9 Å². The van der Waals surface area contributed by atoms with Gasteiger partial charge in [-0.25, -0.2) is 4.79 Å². The van der Waals surface area contributed by atoms with E-state index in [4.69, 9.17) is 4.74 Å². The lowest BCUT2D eigenvalue weighted by Gasteiger charge is -2.19. The maximum absolute atomic E-state index is 11.7. The smallest absolute Gasteiger partial charge is 0.411 e. The van der Waals surface area contributed by atoms with Crippen molar-refractivity contribution >= 4 is 27.7 Å². The summed E-state index contributed by atoms with van der Waals surface area (Å²) >= 11 is 3.37. The fourth-order valence-corrected chi connectivity index (χ4v) is 2.45. The molecule has 1 heterocycles. The molecule has 1 fully saturated rings. The van der Waals surface area contributed by atoms with Crippen LogP contribution in [-0.4, -0.2) is 37.2 Å².